The highest BCUT2D eigenvalue weighted by Gasteiger charge is 2.44. The van der Waals surface area contributed by atoms with Crippen LogP contribution in [0.4, 0.5) is 0 Å². The number of amides is 2. The number of aliphatic hydroxyl groups is 1. The van der Waals surface area contributed by atoms with E-state index in [2.05, 4.69) is 17.0 Å². The number of hydroxylamine groups is 1. The van der Waals surface area contributed by atoms with Gasteiger partial charge >= 0.3 is 0 Å². The van der Waals surface area contributed by atoms with Gasteiger partial charge in [-0.25, -0.2) is 5.48 Å². The van der Waals surface area contributed by atoms with E-state index in [0.29, 0.717) is 38.4 Å². The van der Waals surface area contributed by atoms with E-state index < -0.39 is 11.8 Å². The number of nitrogens with zero attached hydrogens (tertiary/aromatic N) is 2. The predicted octanol–water partition coefficient (Wildman–Crippen LogP) is 1.36. The average molecular weight is 402 g/mol. The van der Waals surface area contributed by atoms with Gasteiger partial charge in [0.15, 0.2) is 0 Å². The molecule has 2 heterocycles. The molecule has 158 valence electrons. The molecule has 3 fully saturated rings. The van der Waals surface area contributed by atoms with Crippen molar-refractivity contribution in [1.29, 1.82) is 0 Å². The fourth-order valence-electron chi connectivity index (χ4n) is 5.44. The van der Waals surface area contributed by atoms with E-state index >= 15 is 0 Å². The van der Waals surface area contributed by atoms with E-state index in [9.17, 15) is 19.9 Å². The third-order valence-corrected chi connectivity index (χ3v) is 7.07. The Morgan fingerprint density at radius 3 is 2.45 bits per heavy atom. The van der Waals surface area contributed by atoms with E-state index in [4.69, 9.17) is 0 Å². The summed E-state index contributed by atoms with van der Waals surface area (Å²) in [6.45, 7) is 2.85. The van der Waals surface area contributed by atoms with Crippen LogP contribution in [0.5, 0.6) is 0 Å². The van der Waals surface area contributed by atoms with E-state index in [0.717, 1.165) is 25.8 Å². The highest BCUT2D eigenvalue weighted by atomic mass is 16.5. The molecule has 29 heavy (non-hydrogen) atoms. The number of likely N-dealkylation sites (tertiary alicyclic amines) is 2. The first-order chi connectivity index (χ1) is 14.1. The molecule has 3 aliphatic rings. The Bertz CT molecular complexity index is 728. The van der Waals surface area contributed by atoms with Crippen LogP contribution in [0.1, 0.15) is 43.6 Å². The van der Waals surface area contributed by atoms with Crippen molar-refractivity contribution >= 4 is 11.8 Å². The standard InChI is InChI=1S/C22H31N3O4/c26-18-9-11-24(14-18)17-6-7-19(20(12-17)21(27)23-29)22(28)25-10-8-16(13-25)15-4-2-1-3-5-15/h1-5,16-20,26,29H,6-14H2,(H,23,27)/t16-,17?,18+,19-,20-/m0/s1. The van der Waals surface area contributed by atoms with Crippen molar-refractivity contribution in [2.24, 2.45) is 11.8 Å². The van der Waals surface area contributed by atoms with Crippen LogP contribution >= 0.6 is 0 Å². The van der Waals surface area contributed by atoms with Crippen molar-refractivity contribution in [3.05, 3.63) is 35.9 Å². The van der Waals surface area contributed by atoms with Crippen LogP contribution in [0, 0.1) is 11.8 Å². The smallest absolute Gasteiger partial charge is 0.247 e. The zero-order valence-electron chi connectivity index (χ0n) is 16.7. The van der Waals surface area contributed by atoms with Crippen LogP contribution in [0.3, 0.4) is 0 Å². The van der Waals surface area contributed by atoms with Gasteiger partial charge in [0.25, 0.3) is 0 Å². The van der Waals surface area contributed by atoms with Crippen molar-refractivity contribution in [1.82, 2.24) is 15.3 Å². The summed E-state index contributed by atoms with van der Waals surface area (Å²) in [6.07, 6.45) is 3.41. The number of hydrogen-bond acceptors (Lipinski definition) is 5. The minimum absolute atomic E-state index is 0.0388. The summed E-state index contributed by atoms with van der Waals surface area (Å²) in [5.74, 6) is -1.00. The number of rotatable bonds is 4. The summed E-state index contributed by atoms with van der Waals surface area (Å²) < 4.78 is 0. The van der Waals surface area contributed by atoms with Crippen LogP contribution in [0.25, 0.3) is 0 Å². The highest BCUT2D eigenvalue weighted by Crippen LogP contribution is 2.37. The molecule has 7 nitrogen and oxygen atoms in total. The van der Waals surface area contributed by atoms with Gasteiger partial charge in [-0.2, -0.15) is 0 Å². The van der Waals surface area contributed by atoms with Crippen molar-refractivity contribution in [3.63, 3.8) is 0 Å². The molecule has 2 amide bonds. The first-order valence-electron chi connectivity index (χ1n) is 10.8. The molecule has 1 unspecified atom stereocenters. The zero-order valence-corrected chi connectivity index (χ0v) is 16.7. The maximum Gasteiger partial charge on any atom is 0.247 e. The molecule has 1 aromatic rings. The number of carbonyl (C=O) groups is 2. The molecule has 0 bridgehead atoms. The number of benzene rings is 1. The third kappa shape index (κ3) is 4.32. The van der Waals surface area contributed by atoms with Crippen molar-refractivity contribution in [2.45, 2.75) is 50.2 Å². The van der Waals surface area contributed by atoms with Gasteiger partial charge in [0.05, 0.1) is 12.0 Å². The van der Waals surface area contributed by atoms with Crippen LogP contribution in [0.15, 0.2) is 30.3 Å². The molecule has 1 aliphatic carbocycles. The Labute approximate surface area is 171 Å². The van der Waals surface area contributed by atoms with Gasteiger partial charge in [0.1, 0.15) is 0 Å². The minimum Gasteiger partial charge on any atom is -0.392 e. The average Bonchev–Trinajstić information content (AvgIpc) is 3.42. The Morgan fingerprint density at radius 2 is 1.76 bits per heavy atom. The Balaban J connectivity index is 1.42. The van der Waals surface area contributed by atoms with Gasteiger partial charge in [0.2, 0.25) is 11.8 Å². The molecule has 4 rings (SSSR count). The fraction of sp³-hybridized carbons (Fsp3) is 0.636. The van der Waals surface area contributed by atoms with Crippen molar-refractivity contribution in [2.75, 3.05) is 26.2 Å². The Morgan fingerprint density at radius 1 is 0.966 bits per heavy atom. The van der Waals surface area contributed by atoms with E-state index in [1.807, 2.05) is 23.1 Å². The van der Waals surface area contributed by atoms with Gasteiger partial charge in [0, 0.05) is 44.1 Å². The molecule has 1 aromatic carbocycles. The third-order valence-electron chi connectivity index (χ3n) is 7.07. The molecule has 5 atom stereocenters. The summed E-state index contributed by atoms with van der Waals surface area (Å²) in [5, 5.41) is 19.1. The normalized spacial score (nSPS) is 33.0. The minimum atomic E-state index is -0.528. The lowest BCUT2D eigenvalue weighted by Crippen LogP contribution is -2.49. The summed E-state index contributed by atoms with van der Waals surface area (Å²) in [5.41, 5.74) is 3.04. The molecule has 1 saturated carbocycles. The first kappa shape index (κ1) is 20.3. The number of aliphatic hydroxyl groups excluding tert-OH is 1. The fourth-order valence-corrected chi connectivity index (χ4v) is 5.44. The van der Waals surface area contributed by atoms with E-state index in [-0.39, 0.29) is 24.0 Å². The molecule has 0 spiro atoms. The molecular weight excluding hydrogens is 370 g/mol. The lowest BCUT2D eigenvalue weighted by atomic mass is 9.75. The second-order valence-electron chi connectivity index (χ2n) is 8.77. The van der Waals surface area contributed by atoms with Gasteiger partial charge in [-0.3, -0.25) is 19.7 Å². The largest absolute Gasteiger partial charge is 0.392 e. The van der Waals surface area contributed by atoms with Crippen LogP contribution in [-0.2, 0) is 9.59 Å². The van der Waals surface area contributed by atoms with Gasteiger partial charge in [-0.05, 0) is 37.7 Å². The maximum atomic E-state index is 13.3. The van der Waals surface area contributed by atoms with Gasteiger partial charge in [-0.1, -0.05) is 30.3 Å². The van der Waals surface area contributed by atoms with Crippen molar-refractivity contribution in [3.8, 4) is 0 Å². The van der Waals surface area contributed by atoms with Crippen LogP contribution in [-0.4, -0.2) is 70.3 Å². The quantitative estimate of drug-likeness (QED) is 0.523. The summed E-state index contributed by atoms with van der Waals surface area (Å²) in [4.78, 5) is 29.8. The number of carbonyl (C=O) groups excluding carboxylic acids is 2. The Kier molecular flexibility index (Phi) is 6.18. The lowest BCUT2D eigenvalue weighted by molar-refractivity contribution is -0.147. The van der Waals surface area contributed by atoms with E-state index in [1.54, 1.807) is 5.48 Å². The van der Waals surface area contributed by atoms with Crippen LogP contribution < -0.4 is 5.48 Å². The predicted molar refractivity (Wildman–Crippen MR) is 107 cm³/mol. The monoisotopic (exact) mass is 401 g/mol. The molecule has 3 N–H and O–H groups in total. The molecular formula is C22H31N3O4. The SMILES string of the molecule is O=C(NO)[C@H]1CC(N2CC[C@@H](O)C2)CC[C@@H]1C(=O)N1CC[C@H](c2ccccc2)C1. The zero-order chi connectivity index (χ0) is 20.4. The lowest BCUT2D eigenvalue weighted by Gasteiger charge is -2.39. The van der Waals surface area contributed by atoms with Gasteiger partial charge < -0.3 is 10.0 Å². The first-order valence-corrected chi connectivity index (χ1v) is 10.8. The van der Waals surface area contributed by atoms with Crippen LogP contribution in [0.2, 0.25) is 0 Å². The molecule has 2 saturated heterocycles. The second-order valence-corrected chi connectivity index (χ2v) is 8.77. The van der Waals surface area contributed by atoms with Gasteiger partial charge in [-0.15, -0.1) is 0 Å². The summed E-state index contributed by atoms with van der Waals surface area (Å²) in [6, 6.07) is 10.4. The maximum absolute atomic E-state index is 13.3. The summed E-state index contributed by atoms with van der Waals surface area (Å²) in [7, 11) is 0. The highest BCUT2D eigenvalue weighted by molar-refractivity contribution is 5.87. The van der Waals surface area contributed by atoms with Crippen molar-refractivity contribution < 1.29 is 19.9 Å². The topological polar surface area (TPSA) is 93.1 Å². The molecule has 0 aromatic heterocycles. The Hall–Kier alpha value is -1.96. The molecule has 2 aliphatic heterocycles. The number of nitrogens with one attached hydrogen (secondary N) is 1. The molecule has 0 radical (unpaired) electrons. The molecule has 7 heteroatoms. The number of β-amino-alcohol motifs (C(OH)–C–C–N with tert-alkyl or cyclic N) is 1. The number of hydrogen-bond donors (Lipinski definition) is 3. The second kappa shape index (κ2) is 8.81. The summed E-state index contributed by atoms with van der Waals surface area (Å²) >= 11 is 0. The van der Waals surface area contributed by atoms with E-state index in [1.165, 1.54) is 5.56 Å².